The Morgan fingerprint density at radius 1 is 1.09 bits per heavy atom. The lowest BCUT2D eigenvalue weighted by molar-refractivity contribution is 0.0950. The number of aromatic nitrogens is 6. The first-order chi connectivity index (χ1) is 16.6. The molecule has 4 rings (SSSR count). The largest absolute Gasteiger partial charge is 0.348 e. The van der Waals surface area contributed by atoms with Gasteiger partial charge in [0.2, 0.25) is 5.95 Å². The molecule has 0 aliphatic heterocycles. The summed E-state index contributed by atoms with van der Waals surface area (Å²) in [7, 11) is 0. The van der Waals surface area contributed by atoms with E-state index in [1.54, 1.807) is 29.5 Å². The van der Waals surface area contributed by atoms with E-state index in [0.29, 0.717) is 18.1 Å². The zero-order valence-corrected chi connectivity index (χ0v) is 21.1. The highest BCUT2D eigenvalue weighted by Gasteiger charge is 2.17. The van der Waals surface area contributed by atoms with Gasteiger partial charge in [0.1, 0.15) is 0 Å². The van der Waals surface area contributed by atoms with E-state index >= 15 is 0 Å². The van der Waals surface area contributed by atoms with Gasteiger partial charge < -0.3 is 10.6 Å². The lowest BCUT2D eigenvalue weighted by atomic mass is 10.0. The van der Waals surface area contributed by atoms with E-state index in [9.17, 15) is 4.79 Å². The Bertz CT molecular complexity index is 1330. The van der Waals surface area contributed by atoms with Gasteiger partial charge in [-0.1, -0.05) is 12.1 Å². The predicted octanol–water partition coefficient (Wildman–Crippen LogP) is 4.85. The van der Waals surface area contributed by atoms with Crippen LogP contribution in [0.25, 0.3) is 11.3 Å². The molecule has 0 saturated heterocycles. The van der Waals surface area contributed by atoms with Crippen LogP contribution in [0, 0.1) is 6.92 Å². The number of carbonyl (C=O) groups is 1. The highest BCUT2D eigenvalue weighted by molar-refractivity contribution is 5.93. The molecule has 0 aliphatic rings. The SMILES string of the molecule is Cc1cc(-c2ccnc(Nc3cnn(C(C)C)c3)n2)ccc1CNC(=O)c1cnn(C(C)(C)C)c1. The fourth-order valence-electron chi connectivity index (χ4n) is 3.53. The molecule has 0 fully saturated rings. The maximum Gasteiger partial charge on any atom is 0.254 e. The van der Waals surface area contributed by atoms with Crippen molar-refractivity contribution in [1.82, 2.24) is 34.8 Å². The number of hydrogen-bond acceptors (Lipinski definition) is 6. The summed E-state index contributed by atoms with van der Waals surface area (Å²) in [6.07, 6.45) is 8.81. The van der Waals surface area contributed by atoms with Crippen molar-refractivity contribution in [2.24, 2.45) is 0 Å². The number of aryl methyl sites for hydroxylation is 1. The van der Waals surface area contributed by atoms with Crippen molar-refractivity contribution < 1.29 is 4.79 Å². The van der Waals surface area contributed by atoms with Crippen molar-refractivity contribution in [2.45, 2.75) is 59.7 Å². The number of anilines is 2. The molecule has 3 heterocycles. The maximum absolute atomic E-state index is 12.6. The van der Waals surface area contributed by atoms with E-state index in [2.05, 4.69) is 50.7 Å². The predicted molar refractivity (Wildman–Crippen MR) is 136 cm³/mol. The maximum atomic E-state index is 12.6. The summed E-state index contributed by atoms with van der Waals surface area (Å²) in [5.74, 6) is 0.367. The van der Waals surface area contributed by atoms with Crippen LogP contribution in [0.1, 0.15) is 62.1 Å². The van der Waals surface area contributed by atoms with Gasteiger partial charge in [-0.2, -0.15) is 10.2 Å². The Morgan fingerprint density at radius 2 is 1.89 bits per heavy atom. The average Bonchev–Trinajstić information content (AvgIpc) is 3.48. The van der Waals surface area contributed by atoms with E-state index in [0.717, 1.165) is 28.1 Å². The first-order valence-electron chi connectivity index (χ1n) is 11.7. The van der Waals surface area contributed by atoms with Crippen LogP contribution >= 0.6 is 0 Å². The first kappa shape index (κ1) is 24.1. The molecule has 1 amide bonds. The fraction of sp³-hybridized carbons (Fsp3) is 0.346. The van der Waals surface area contributed by atoms with Crippen LogP contribution in [0.3, 0.4) is 0 Å². The lowest BCUT2D eigenvalue weighted by Gasteiger charge is -2.18. The van der Waals surface area contributed by atoms with Gasteiger partial charge in [0.05, 0.1) is 34.9 Å². The molecule has 3 aromatic heterocycles. The summed E-state index contributed by atoms with van der Waals surface area (Å²) in [5, 5.41) is 14.8. The summed E-state index contributed by atoms with van der Waals surface area (Å²) in [6.45, 7) is 12.8. The van der Waals surface area contributed by atoms with Crippen LogP contribution in [0.15, 0.2) is 55.2 Å². The van der Waals surface area contributed by atoms with E-state index in [1.807, 2.05) is 56.8 Å². The molecule has 4 aromatic rings. The molecule has 0 bridgehead atoms. The Kier molecular flexibility index (Phi) is 6.68. The minimum Gasteiger partial charge on any atom is -0.348 e. The normalized spacial score (nSPS) is 11.6. The van der Waals surface area contributed by atoms with Gasteiger partial charge in [0, 0.05) is 36.7 Å². The molecule has 2 N–H and O–H groups in total. The van der Waals surface area contributed by atoms with Crippen molar-refractivity contribution in [3.8, 4) is 11.3 Å². The number of benzene rings is 1. The lowest BCUT2D eigenvalue weighted by Crippen LogP contribution is -2.24. The molecular formula is C26H32N8O. The molecule has 0 atom stereocenters. The summed E-state index contributed by atoms with van der Waals surface area (Å²) < 4.78 is 3.67. The molecule has 9 heteroatoms. The molecule has 9 nitrogen and oxygen atoms in total. The number of nitrogens with one attached hydrogen (secondary N) is 2. The van der Waals surface area contributed by atoms with E-state index in [-0.39, 0.29) is 17.5 Å². The Balaban J connectivity index is 1.43. The minimum atomic E-state index is -0.169. The molecule has 182 valence electrons. The number of rotatable bonds is 7. The molecule has 0 spiro atoms. The van der Waals surface area contributed by atoms with Crippen molar-refractivity contribution in [3.05, 3.63) is 71.9 Å². The van der Waals surface area contributed by atoms with Gasteiger partial charge in [-0.15, -0.1) is 0 Å². The van der Waals surface area contributed by atoms with Gasteiger partial charge in [0.25, 0.3) is 5.91 Å². The Morgan fingerprint density at radius 3 is 2.54 bits per heavy atom. The van der Waals surface area contributed by atoms with Crippen LogP contribution < -0.4 is 10.6 Å². The molecule has 0 radical (unpaired) electrons. The molecule has 0 saturated carbocycles. The van der Waals surface area contributed by atoms with Gasteiger partial charge in [-0.05, 0) is 64.8 Å². The monoisotopic (exact) mass is 472 g/mol. The third-order valence-corrected chi connectivity index (χ3v) is 5.65. The number of carbonyl (C=O) groups excluding carboxylic acids is 1. The average molecular weight is 473 g/mol. The van der Waals surface area contributed by atoms with Gasteiger partial charge in [-0.25, -0.2) is 9.97 Å². The van der Waals surface area contributed by atoms with Crippen LogP contribution in [0.5, 0.6) is 0 Å². The van der Waals surface area contributed by atoms with Gasteiger partial charge >= 0.3 is 0 Å². The van der Waals surface area contributed by atoms with Gasteiger partial charge in [-0.3, -0.25) is 14.2 Å². The summed E-state index contributed by atoms with van der Waals surface area (Å²) in [5.41, 5.74) is 5.12. The zero-order chi connectivity index (χ0) is 25.2. The molecule has 0 aliphatic carbocycles. The highest BCUT2D eigenvalue weighted by atomic mass is 16.1. The quantitative estimate of drug-likeness (QED) is 0.398. The molecule has 0 unspecified atom stereocenters. The molecule has 1 aromatic carbocycles. The topological polar surface area (TPSA) is 103 Å². The Labute approximate surface area is 205 Å². The first-order valence-corrected chi connectivity index (χ1v) is 11.7. The van der Waals surface area contributed by atoms with Crippen molar-refractivity contribution >= 4 is 17.5 Å². The van der Waals surface area contributed by atoms with Gasteiger partial charge in [0.15, 0.2) is 0 Å². The van der Waals surface area contributed by atoms with Crippen LogP contribution in [-0.2, 0) is 12.1 Å². The number of amides is 1. The van der Waals surface area contributed by atoms with E-state index in [1.165, 1.54) is 0 Å². The summed E-state index contributed by atoms with van der Waals surface area (Å²) in [4.78, 5) is 21.6. The van der Waals surface area contributed by atoms with Crippen LogP contribution in [0.2, 0.25) is 0 Å². The van der Waals surface area contributed by atoms with Crippen LogP contribution in [0.4, 0.5) is 11.6 Å². The van der Waals surface area contributed by atoms with Crippen molar-refractivity contribution in [3.63, 3.8) is 0 Å². The van der Waals surface area contributed by atoms with Crippen LogP contribution in [-0.4, -0.2) is 35.4 Å². The summed E-state index contributed by atoms with van der Waals surface area (Å²) in [6, 6.07) is 8.26. The minimum absolute atomic E-state index is 0.142. The smallest absolute Gasteiger partial charge is 0.254 e. The molecule has 35 heavy (non-hydrogen) atoms. The van der Waals surface area contributed by atoms with E-state index in [4.69, 9.17) is 0 Å². The van der Waals surface area contributed by atoms with E-state index < -0.39 is 0 Å². The van der Waals surface area contributed by atoms with Crippen molar-refractivity contribution in [1.29, 1.82) is 0 Å². The summed E-state index contributed by atoms with van der Waals surface area (Å²) >= 11 is 0. The molecular weight excluding hydrogens is 440 g/mol. The van der Waals surface area contributed by atoms with Crippen molar-refractivity contribution in [2.75, 3.05) is 5.32 Å². The zero-order valence-electron chi connectivity index (χ0n) is 21.1. The number of hydrogen-bond donors (Lipinski definition) is 2. The second-order valence-electron chi connectivity index (χ2n) is 9.86. The standard InChI is InChI=1S/C26H32N8O/c1-17(2)33-16-22(14-29-33)31-25-27-10-9-23(32-25)19-7-8-20(18(3)11-19)12-28-24(35)21-13-30-34(15-21)26(4,5)6/h7-11,13-17H,12H2,1-6H3,(H,28,35)(H,27,31,32). The fourth-order valence-corrected chi connectivity index (χ4v) is 3.53. The second kappa shape index (κ2) is 9.69. The highest BCUT2D eigenvalue weighted by Crippen LogP contribution is 2.23. The third kappa shape index (κ3) is 5.74. The Hall–Kier alpha value is -4.01. The number of nitrogens with zero attached hydrogens (tertiary/aromatic N) is 6. The second-order valence-corrected chi connectivity index (χ2v) is 9.86. The third-order valence-electron chi connectivity index (χ3n) is 5.65.